The third-order valence-corrected chi connectivity index (χ3v) is 2.47. The number of hydrogen-bond donors (Lipinski definition) is 2. The van der Waals surface area contributed by atoms with E-state index in [0.29, 0.717) is 5.75 Å². The van der Waals surface area contributed by atoms with E-state index in [0.717, 1.165) is 16.7 Å². The van der Waals surface area contributed by atoms with Gasteiger partial charge in [0.05, 0.1) is 0 Å². The van der Waals surface area contributed by atoms with Gasteiger partial charge < -0.3 is 10.2 Å². The van der Waals surface area contributed by atoms with Crippen LogP contribution in [0.1, 0.15) is 18.1 Å². The summed E-state index contributed by atoms with van der Waals surface area (Å²) in [4.78, 5) is 0. The molecule has 0 radical (unpaired) electrons. The van der Waals surface area contributed by atoms with Gasteiger partial charge in [-0.1, -0.05) is 49.1 Å². The van der Waals surface area contributed by atoms with Crippen molar-refractivity contribution in [1.29, 1.82) is 0 Å². The van der Waals surface area contributed by atoms with Crippen LogP contribution in [0.15, 0.2) is 61.7 Å². The van der Waals surface area contributed by atoms with Gasteiger partial charge in [0.25, 0.3) is 0 Å². The van der Waals surface area contributed by atoms with E-state index in [1.165, 1.54) is 0 Å². The van der Waals surface area contributed by atoms with Crippen LogP contribution in [0.25, 0.3) is 11.6 Å². The van der Waals surface area contributed by atoms with E-state index in [-0.39, 0.29) is 5.75 Å². The van der Waals surface area contributed by atoms with Gasteiger partial charge in [-0.05, 0) is 42.3 Å². The zero-order valence-electron chi connectivity index (χ0n) is 11.0. The second kappa shape index (κ2) is 7.07. The van der Waals surface area contributed by atoms with Crippen LogP contribution in [-0.4, -0.2) is 10.2 Å². The molecule has 0 unspecified atom stereocenters. The van der Waals surface area contributed by atoms with Gasteiger partial charge >= 0.3 is 0 Å². The SMILES string of the molecule is C=C(C)c1ccc(O)cc1.C=Cc1cccc(O)c1. The number of aromatic hydroxyl groups is 2. The molecule has 0 atom stereocenters. The minimum absolute atomic E-state index is 0.285. The van der Waals surface area contributed by atoms with E-state index in [1.807, 2.05) is 25.1 Å². The predicted octanol–water partition coefficient (Wildman–Crippen LogP) is 4.46. The molecule has 2 rings (SSSR count). The van der Waals surface area contributed by atoms with Crippen molar-refractivity contribution in [3.8, 4) is 11.5 Å². The third kappa shape index (κ3) is 5.13. The molecule has 0 fully saturated rings. The molecule has 2 N–H and O–H groups in total. The number of hydrogen-bond acceptors (Lipinski definition) is 2. The first-order valence-corrected chi connectivity index (χ1v) is 5.89. The second-order valence-corrected chi connectivity index (χ2v) is 4.13. The van der Waals surface area contributed by atoms with Crippen molar-refractivity contribution in [3.05, 3.63) is 72.8 Å². The first-order chi connectivity index (χ1) is 9.02. The van der Waals surface area contributed by atoms with Crippen LogP contribution in [0.2, 0.25) is 0 Å². The van der Waals surface area contributed by atoms with E-state index in [9.17, 15) is 0 Å². The molecule has 2 aromatic carbocycles. The van der Waals surface area contributed by atoms with Crippen molar-refractivity contribution in [2.75, 3.05) is 0 Å². The Bertz CT molecular complexity index is 554. The fourth-order valence-corrected chi connectivity index (χ4v) is 1.40. The number of benzene rings is 2. The number of phenolic OH excluding ortho intramolecular Hbond substituents is 2. The number of phenols is 2. The maximum atomic E-state index is 8.91. The summed E-state index contributed by atoms with van der Waals surface area (Å²) in [5.74, 6) is 0.581. The summed E-state index contributed by atoms with van der Waals surface area (Å²) in [5, 5.41) is 17.8. The van der Waals surface area contributed by atoms with E-state index in [4.69, 9.17) is 10.2 Å². The fourth-order valence-electron chi connectivity index (χ4n) is 1.40. The average molecular weight is 254 g/mol. The lowest BCUT2D eigenvalue weighted by atomic mass is 10.1. The minimum atomic E-state index is 0.285. The Labute approximate surface area is 114 Å². The summed E-state index contributed by atoms with van der Waals surface area (Å²) < 4.78 is 0. The maximum absolute atomic E-state index is 8.91. The molecule has 0 aliphatic carbocycles. The molecule has 0 amide bonds. The molecule has 0 spiro atoms. The zero-order chi connectivity index (χ0) is 14.3. The Balaban J connectivity index is 0.000000191. The Hall–Kier alpha value is -2.48. The predicted molar refractivity (Wildman–Crippen MR) is 81.0 cm³/mol. The molecule has 98 valence electrons. The van der Waals surface area contributed by atoms with Crippen LogP contribution in [0.3, 0.4) is 0 Å². The van der Waals surface area contributed by atoms with E-state index in [2.05, 4.69) is 13.2 Å². The molecule has 0 aliphatic rings. The summed E-state index contributed by atoms with van der Waals surface area (Å²) in [6.07, 6.45) is 1.69. The third-order valence-electron chi connectivity index (χ3n) is 2.47. The molecule has 2 aromatic rings. The zero-order valence-corrected chi connectivity index (χ0v) is 11.0. The molecule has 2 heteroatoms. The van der Waals surface area contributed by atoms with Crippen LogP contribution in [-0.2, 0) is 0 Å². The van der Waals surface area contributed by atoms with Crippen LogP contribution in [0.5, 0.6) is 11.5 Å². The topological polar surface area (TPSA) is 40.5 Å². The summed E-state index contributed by atoms with van der Waals surface area (Å²) in [6.45, 7) is 9.27. The van der Waals surface area contributed by atoms with Gasteiger partial charge in [-0.15, -0.1) is 0 Å². The van der Waals surface area contributed by atoms with Crippen LogP contribution in [0, 0.1) is 0 Å². The number of rotatable bonds is 2. The average Bonchev–Trinajstić information content (AvgIpc) is 2.40. The van der Waals surface area contributed by atoms with Crippen molar-refractivity contribution in [3.63, 3.8) is 0 Å². The molecule has 0 aromatic heterocycles. The fraction of sp³-hybridized carbons (Fsp3) is 0.0588. The van der Waals surface area contributed by atoms with Crippen LogP contribution < -0.4 is 0 Å². The van der Waals surface area contributed by atoms with Crippen molar-refractivity contribution >= 4 is 11.6 Å². The highest BCUT2D eigenvalue weighted by atomic mass is 16.3. The van der Waals surface area contributed by atoms with Crippen LogP contribution in [0.4, 0.5) is 0 Å². The lowest BCUT2D eigenvalue weighted by Gasteiger charge is -1.97. The van der Waals surface area contributed by atoms with E-state index >= 15 is 0 Å². The summed E-state index contributed by atoms with van der Waals surface area (Å²) in [7, 11) is 0. The first-order valence-electron chi connectivity index (χ1n) is 5.89. The van der Waals surface area contributed by atoms with Crippen molar-refractivity contribution in [1.82, 2.24) is 0 Å². The Kier molecular flexibility index (Phi) is 5.42. The normalized spacial score (nSPS) is 9.11. The molecule has 0 saturated heterocycles. The summed E-state index contributed by atoms with van der Waals surface area (Å²) >= 11 is 0. The van der Waals surface area contributed by atoms with E-state index < -0.39 is 0 Å². The van der Waals surface area contributed by atoms with Crippen molar-refractivity contribution < 1.29 is 10.2 Å². The Morgan fingerprint density at radius 3 is 2.05 bits per heavy atom. The molecule has 0 saturated carbocycles. The van der Waals surface area contributed by atoms with Gasteiger partial charge in [0.2, 0.25) is 0 Å². The standard InChI is InChI=1S/C9H10O.C8H8O/c1-7(2)8-3-5-9(10)6-4-8;1-2-7-4-3-5-8(9)6-7/h3-6,10H,1H2,2H3;2-6,9H,1H2. The first kappa shape index (κ1) is 14.6. The maximum Gasteiger partial charge on any atom is 0.116 e. The lowest BCUT2D eigenvalue weighted by Crippen LogP contribution is -1.74. The van der Waals surface area contributed by atoms with Gasteiger partial charge in [0.15, 0.2) is 0 Å². The minimum Gasteiger partial charge on any atom is -0.508 e. The highest BCUT2D eigenvalue weighted by molar-refractivity contribution is 5.61. The Morgan fingerprint density at radius 1 is 1.00 bits per heavy atom. The van der Waals surface area contributed by atoms with Gasteiger partial charge in [-0.2, -0.15) is 0 Å². The van der Waals surface area contributed by atoms with Crippen molar-refractivity contribution in [2.24, 2.45) is 0 Å². The highest BCUT2D eigenvalue weighted by Crippen LogP contribution is 2.15. The van der Waals surface area contributed by atoms with Gasteiger partial charge in [0.1, 0.15) is 11.5 Å². The van der Waals surface area contributed by atoms with Gasteiger partial charge in [-0.25, -0.2) is 0 Å². The highest BCUT2D eigenvalue weighted by Gasteiger charge is 1.90. The van der Waals surface area contributed by atoms with Gasteiger partial charge in [0, 0.05) is 0 Å². The molecular weight excluding hydrogens is 236 g/mol. The molecule has 0 heterocycles. The molecule has 19 heavy (non-hydrogen) atoms. The summed E-state index contributed by atoms with van der Waals surface area (Å²) in [6, 6.07) is 14.0. The Morgan fingerprint density at radius 2 is 1.63 bits per heavy atom. The van der Waals surface area contributed by atoms with E-state index in [1.54, 1.807) is 36.4 Å². The smallest absolute Gasteiger partial charge is 0.116 e. The lowest BCUT2D eigenvalue weighted by molar-refractivity contribution is 0.474. The molecule has 2 nitrogen and oxygen atoms in total. The second-order valence-electron chi connectivity index (χ2n) is 4.13. The molecule has 0 bridgehead atoms. The monoisotopic (exact) mass is 254 g/mol. The quantitative estimate of drug-likeness (QED) is 0.830. The summed E-state index contributed by atoms with van der Waals surface area (Å²) in [5.41, 5.74) is 3.02. The van der Waals surface area contributed by atoms with Crippen molar-refractivity contribution in [2.45, 2.75) is 6.92 Å². The largest absolute Gasteiger partial charge is 0.508 e. The molecular formula is C17H18O2. The molecule has 0 aliphatic heterocycles. The van der Waals surface area contributed by atoms with Crippen LogP contribution >= 0.6 is 0 Å². The number of allylic oxidation sites excluding steroid dienone is 1. The van der Waals surface area contributed by atoms with Gasteiger partial charge in [-0.3, -0.25) is 0 Å².